The van der Waals surface area contributed by atoms with Gasteiger partial charge in [0.15, 0.2) is 5.65 Å². The van der Waals surface area contributed by atoms with Crippen LogP contribution in [0.4, 0.5) is 0 Å². The second-order valence-electron chi connectivity index (χ2n) is 12.4. The number of carbonyl (C=O) groups is 1. The number of carbonyl (C=O) groups excluding carboxylic acids is 1. The molecule has 2 unspecified atom stereocenters. The van der Waals surface area contributed by atoms with E-state index in [0.29, 0.717) is 12.1 Å². The van der Waals surface area contributed by atoms with Crippen LogP contribution in [0.25, 0.3) is 11.2 Å². The highest BCUT2D eigenvalue weighted by Gasteiger charge is 2.38. The Hall–Kier alpha value is -2.90. The lowest BCUT2D eigenvalue weighted by molar-refractivity contribution is 0.0836. The number of pyridine rings is 1. The minimum atomic E-state index is -0.0827. The molecule has 2 atom stereocenters. The van der Waals surface area contributed by atoms with Crippen molar-refractivity contribution < 1.29 is 4.79 Å². The largest absolute Gasteiger partial charge is 0.349 e. The van der Waals surface area contributed by atoms with Gasteiger partial charge >= 0.3 is 5.69 Å². The lowest BCUT2D eigenvalue weighted by atomic mass is 9.68. The summed E-state index contributed by atoms with van der Waals surface area (Å²) in [5, 5.41) is 7.60. The van der Waals surface area contributed by atoms with Crippen LogP contribution < -0.4 is 11.0 Å². The molecule has 0 bridgehead atoms. The second kappa shape index (κ2) is 8.95. The zero-order valence-electron chi connectivity index (χ0n) is 22.4. The minimum absolute atomic E-state index is 0.0111. The molecule has 35 heavy (non-hydrogen) atoms. The summed E-state index contributed by atoms with van der Waals surface area (Å²) in [6.45, 7) is 15.6. The van der Waals surface area contributed by atoms with E-state index in [1.807, 2.05) is 30.7 Å². The lowest BCUT2D eigenvalue weighted by Gasteiger charge is -2.42. The highest BCUT2D eigenvalue weighted by molar-refractivity contribution is 5.94. The maximum Gasteiger partial charge on any atom is 0.330 e. The van der Waals surface area contributed by atoms with Crippen molar-refractivity contribution in [1.29, 1.82) is 0 Å². The third kappa shape index (κ3) is 5.07. The third-order valence-corrected chi connectivity index (χ3v) is 7.35. The van der Waals surface area contributed by atoms with Crippen molar-refractivity contribution in [2.75, 3.05) is 0 Å². The summed E-state index contributed by atoms with van der Waals surface area (Å²) in [6.07, 6.45) is 6.25. The quantitative estimate of drug-likeness (QED) is 0.576. The van der Waals surface area contributed by atoms with E-state index in [9.17, 15) is 9.59 Å². The van der Waals surface area contributed by atoms with E-state index >= 15 is 0 Å². The van der Waals surface area contributed by atoms with Crippen LogP contribution in [0.1, 0.15) is 95.7 Å². The van der Waals surface area contributed by atoms with E-state index in [2.05, 4.69) is 51.1 Å². The van der Waals surface area contributed by atoms with Crippen LogP contribution in [0, 0.1) is 10.8 Å². The molecule has 190 valence electrons. The first-order chi connectivity index (χ1) is 16.3. The second-order valence-corrected chi connectivity index (χ2v) is 12.4. The van der Waals surface area contributed by atoms with Crippen LogP contribution in [0.5, 0.6) is 0 Å². The molecule has 3 aromatic heterocycles. The van der Waals surface area contributed by atoms with Crippen LogP contribution in [-0.2, 0) is 13.6 Å². The molecule has 0 saturated heterocycles. The summed E-state index contributed by atoms with van der Waals surface area (Å²) in [7, 11) is 1.80. The Kier molecular flexibility index (Phi) is 6.45. The first-order valence-electron chi connectivity index (χ1n) is 12.7. The zero-order valence-corrected chi connectivity index (χ0v) is 22.4. The number of amides is 1. The Labute approximate surface area is 207 Å². The molecule has 3 aromatic rings. The Balaban J connectivity index is 1.58. The average Bonchev–Trinajstić information content (AvgIpc) is 3.35. The van der Waals surface area contributed by atoms with Crippen LogP contribution in [0.2, 0.25) is 0 Å². The van der Waals surface area contributed by atoms with Gasteiger partial charge in [-0.25, -0.2) is 9.78 Å². The average molecular weight is 481 g/mol. The molecule has 1 aliphatic carbocycles. The van der Waals surface area contributed by atoms with Gasteiger partial charge in [-0.2, -0.15) is 5.10 Å². The topological polar surface area (TPSA) is 86.7 Å². The molecule has 0 aromatic carbocycles. The highest BCUT2D eigenvalue weighted by atomic mass is 16.2. The predicted molar refractivity (Wildman–Crippen MR) is 139 cm³/mol. The summed E-state index contributed by atoms with van der Waals surface area (Å²) in [5.74, 6) is 0.137. The van der Waals surface area contributed by atoms with Crippen LogP contribution in [-0.4, -0.2) is 35.8 Å². The summed E-state index contributed by atoms with van der Waals surface area (Å²) < 4.78 is 5.29. The fourth-order valence-electron chi connectivity index (χ4n) is 5.09. The van der Waals surface area contributed by atoms with Gasteiger partial charge in [-0.3, -0.25) is 18.6 Å². The molecule has 0 radical (unpaired) electrons. The number of nitrogens with zero attached hydrogens (tertiary/aromatic N) is 5. The van der Waals surface area contributed by atoms with E-state index in [1.165, 1.54) is 0 Å². The number of hydrogen-bond acceptors (Lipinski definition) is 4. The number of aromatic nitrogens is 5. The fraction of sp³-hybridized carbons (Fsp3) is 0.630. The highest BCUT2D eigenvalue weighted by Crippen LogP contribution is 2.42. The summed E-state index contributed by atoms with van der Waals surface area (Å²) in [4.78, 5) is 30.9. The van der Waals surface area contributed by atoms with Gasteiger partial charge in [0.2, 0.25) is 0 Å². The smallest absolute Gasteiger partial charge is 0.330 e. The molecule has 1 fully saturated rings. The van der Waals surface area contributed by atoms with Crippen molar-refractivity contribution in [2.45, 2.75) is 92.3 Å². The molecule has 1 aliphatic rings. The Bertz CT molecular complexity index is 1290. The lowest BCUT2D eigenvalue weighted by Crippen LogP contribution is -2.48. The molecule has 8 heteroatoms. The SMILES string of the molecule is CC(C)n1cc(C(=O)NC2CC(c3ccc4c(n3)n(C)c(=O)n4CC(C)(C)C)CCC2(C)C)cn1. The number of imidazole rings is 1. The molecular formula is C27H40N6O2. The summed E-state index contributed by atoms with van der Waals surface area (Å²) >= 11 is 0. The van der Waals surface area contributed by atoms with Crippen LogP contribution in [0.3, 0.4) is 0 Å². The van der Waals surface area contributed by atoms with Crippen molar-refractivity contribution in [3.63, 3.8) is 0 Å². The van der Waals surface area contributed by atoms with Crippen molar-refractivity contribution in [1.82, 2.24) is 29.2 Å². The molecule has 3 heterocycles. The number of nitrogens with one attached hydrogen (secondary N) is 1. The third-order valence-electron chi connectivity index (χ3n) is 7.35. The number of hydrogen-bond donors (Lipinski definition) is 1. The first-order valence-corrected chi connectivity index (χ1v) is 12.7. The van der Waals surface area contributed by atoms with Gasteiger partial charge in [-0.05, 0) is 56.1 Å². The molecule has 1 saturated carbocycles. The molecule has 0 spiro atoms. The van der Waals surface area contributed by atoms with Gasteiger partial charge < -0.3 is 5.32 Å². The van der Waals surface area contributed by atoms with Crippen molar-refractivity contribution in [3.05, 3.63) is 46.3 Å². The van der Waals surface area contributed by atoms with Gasteiger partial charge in [-0.1, -0.05) is 34.6 Å². The van der Waals surface area contributed by atoms with Gasteiger partial charge in [0.05, 0.1) is 17.3 Å². The predicted octanol–water partition coefficient (Wildman–Crippen LogP) is 4.65. The van der Waals surface area contributed by atoms with Gasteiger partial charge in [-0.15, -0.1) is 0 Å². The Morgan fingerprint density at radius 3 is 2.60 bits per heavy atom. The van der Waals surface area contributed by atoms with E-state index in [4.69, 9.17) is 4.98 Å². The van der Waals surface area contributed by atoms with Crippen molar-refractivity contribution in [3.8, 4) is 0 Å². The van der Waals surface area contributed by atoms with Gasteiger partial charge in [0, 0.05) is 43.5 Å². The van der Waals surface area contributed by atoms with Gasteiger partial charge in [0.1, 0.15) is 0 Å². The first kappa shape index (κ1) is 25.2. The maximum atomic E-state index is 13.0. The minimum Gasteiger partial charge on any atom is -0.349 e. The summed E-state index contributed by atoms with van der Waals surface area (Å²) in [5.41, 5.74) is 3.12. The van der Waals surface area contributed by atoms with Crippen molar-refractivity contribution in [2.24, 2.45) is 17.9 Å². The zero-order chi connectivity index (χ0) is 25.7. The van der Waals surface area contributed by atoms with Crippen LogP contribution >= 0.6 is 0 Å². The van der Waals surface area contributed by atoms with E-state index in [0.717, 1.165) is 36.1 Å². The van der Waals surface area contributed by atoms with Gasteiger partial charge in [0.25, 0.3) is 5.91 Å². The molecule has 1 amide bonds. The molecule has 0 aliphatic heterocycles. The Morgan fingerprint density at radius 1 is 1.26 bits per heavy atom. The van der Waals surface area contributed by atoms with E-state index in [1.54, 1.807) is 22.5 Å². The van der Waals surface area contributed by atoms with Crippen LogP contribution in [0.15, 0.2) is 29.3 Å². The number of fused-ring (bicyclic) bond motifs is 1. The molecular weight excluding hydrogens is 440 g/mol. The van der Waals surface area contributed by atoms with Crippen molar-refractivity contribution >= 4 is 17.1 Å². The normalized spacial score (nSPS) is 20.5. The molecule has 8 nitrogen and oxygen atoms in total. The summed E-state index contributed by atoms with van der Waals surface area (Å²) in [6, 6.07) is 4.33. The standard InChI is InChI=1S/C27H40N6O2/c1-17(2)33-15-19(14-28-33)24(34)30-22-13-18(11-12-27(22,6)7)20-9-10-21-23(29-20)31(8)25(35)32(21)16-26(3,4)5/h9-10,14-15,17-18,22H,11-13,16H2,1-8H3,(H,30,34). The van der Waals surface area contributed by atoms with E-state index in [-0.39, 0.29) is 40.4 Å². The number of aryl methyl sites for hydroxylation is 1. The number of rotatable bonds is 5. The monoisotopic (exact) mass is 480 g/mol. The van der Waals surface area contributed by atoms with E-state index < -0.39 is 0 Å². The molecule has 1 N–H and O–H groups in total. The Morgan fingerprint density at radius 2 is 1.97 bits per heavy atom. The maximum absolute atomic E-state index is 13.0. The molecule has 4 rings (SSSR count). The fourth-order valence-corrected chi connectivity index (χ4v) is 5.09.